The van der Waals surface area contributed by atoms with E-state index in [2.05, 4.69) is 9.97 Å². The summed E-state index contributed by atoms with van der Waals surface area (Å²) < 4.78 is 5.14. The van der Waals surface area contributed by atoms with Crippen LogP contribution in [-0.2, 0) is 9.53 Å². The third-order valence-electron chi connectivity index (χ3n) is 4.78. The van der Waals surface area contributed by atoms with Crippen molar-refractivity contribution in [2.24, 2.45) is 0 Å². The molecular formula is C21H22N4O5S. The van der Waals surface area contributed by atoms with E-state index in [1.807, 2.05) is 13.8 Å². The van der Waals surface area contributed by atoms with Gasteiger partial charge in [-0.05, 0) is 44.0 Å². The van der Waals surface area contributed by atoms with Gasteiger partial charge in [-0.1, -0.05) is 6.07 Å². The van der Waals surface area contributed by atoms with Gasteiger partial charge in [-0.25, -0.2) is 9.78 Å². The average Bonchev–Trinajstić information content (AvgIpc) is 2.99. The summed E-state index contributed by atoms with van der Waals surface area (Å²) in [6.45, 7) is 5.53. The van der Waals surface area contributed by atoms with Crippen molar-refractivity contribution in [2.45, 2.75) is 20.8 Å². The highest BCUT2D eigenvalue weighted by Crippen LogP contribution is 2.30. The maximum absolute atomic E-state index is 12.7. The lowest BCUT2D eigenvalue weighted by atomic mass is 10.1. The smallest absolute Gasteiger partial charge is 0.341 e. The normalized spacial score (nSPS) is 11.6. The predicted octanol–water partition coefficient (Wildman–Crippen LogP) is 3.68. The topological polar surface area (TPSA) is 118 Å². The molecule has 9 nitrogen and oxygen atoms in total. The zero-order valence-corrected chi connectivity index (χ0v) is 18.6. The maximum atomic E-state index is 12.7. The van der Waals surface area contributed by atoms with Gasteiger partial charge in [-0.3, -0.25) is 14.9 Å². The number of nitro benzene ring substituents is 1. The van der Waals surface area contributed by atoms with Crippen molar-refractivity contribution >= 4 is 50.5 Å². The van der Waals surface area contributed by atoms with E-state index in [-0.39, 0.29) is 29.3 Å². The molecule has 3 aromatic rings. The first-order valence-corrected chi connectivity index (χ1v) is 10.3. The molecule has 0 radical (unpaired) electrons. The van der Waals surface area contributed by atoms with E-state index in [9.17, 15) is 19.7 Å². The summed E-state index contributed by atoms with van der Waals surface area (Å²) in [5, 5.41) is 12.0. The Bertz CT molecular complexity index is 1270. The van der Waals surface area contributed by atoms with Crippen molar-refractivity contribution < 1.29 is 14.5 Å². The predicted molar refractivity (Wildman–Crippen MR) is 122 cm³/mol. The Hall–Kier alpha value is -3.53. The molecule has 0 unspecified atom stereocenters. The minimum Gasteiger partial charge on any atom is -0.462 e. The minimum absolute atomic E-state index is 0.0106. The fourth-order valence-electron chi connectivity index (χ4n) is 3.14. The monoisotopic (exact) mass is 442 g/mol. The number of hydrogen-bond donors (Lipinski definition) is 1. The molecule has 0 aliphatic rings. The van der Waals surface area contributed by atoms with Crippen molar-refractivity contribution in [3.05, 3.63) is 60.5 Å². The van der Waals surface area contributed by atoms with Crippen LogP contribution in [-0.4, -0.2) is 41.6 Å². The van der Waals surface area contributed by atoms with Crippen molar-refractivity contribution in [3.63, 3.8) is 0 Å². The first-order valence-electron chi connectivity index (χ1n) is 9.49. The van der Waals surface area contributed by atoms with Crippen molar-refractivity contribution in [1.29, 1.82) is 0 Å². The Labute approximate surface area is 182 Å². The van der Waals surface area contributed by atoms with Gasteiger partial charge >= 0.3 is 5.97 Å². The Balaban J connectivity index is 2.21. The van der Waals surface area contributed by atoms with Gasteiger partial charge in [0.15, 0.2) is 0 Å². The second-order valence-electron chi connectivity index (χ2n) is 7.06. The SMILES string of the molecule is CCOC(=O)C(=Cc1ccc(N(C)C)c([N+](=O)[O-])c1)c1nc2sc(C)c(C)c2c(=O)[nH]1. The lowest BCUT2D eigenvalue weighted by molar-refractivity contribution is -0.384. The molecule has 0 spiro atoms. The molecule has 162 valence electrons. The van der Waals surface area contributed by atoms with E-state index in [0.717, 1.165) is 10.4 Å². The number of carbonyl (C=O) groups is 1. The first kappa shape index (κ1) is 22.2. The Morgan fingerprint density at radius 1 is 1.35 bits per heavy atom. The molecule has 0 saturated carbocycles. The molecule has 0 atom stereocenters. The molecule has 2 aromatic heterocycles. The van der Waals surface area contributed by atoms with Crippen LogP contribution in [0.15, 0.2) is 23.0 Å². The summed E-state index contributed by atoms with van der Waals surface area (Å²) in [5.41, 5.74) is 1.22. The van der Waals surface area contributed by atoms with Crippen LogP contribution >= 0.6 is 11.3 Å². The highest BCUT2D eigenvalue weighted by Gasteiger charge is 2.21. The third-order valence-corrected chi connectivity index (χ3v) is 5.88. The second-order valence-corrected chi connectivity index (χ2v) is 8.26. The summed E-state index contributed by atoms with van der Waals surface area (Å²) in [5.74, 6) is -0.633. The average molecular weight is 442 g/mol. The maximum Gasteiger partial charge on any atom is 0.341 e. The first-order chi connectivity index (χ1) is 14.6. The lowest BCUT2D eigenvalue weighted by Crippen LogP contribution is -2.16. The number of aromatic amines is 1. The number of aryl methyl sites for hydroxylation is 2. The molecule has 3 rings (SSSR count). The van der Waals surface area contributed by atoms with Gasteiger partial charge in [0.2, 0.25) is 0 Å². The standard InChI is InChI=1S/C21H22N4O5S/c1-6-30-21(27)14(9-13-7-8-15(24(4)5)16(10-13)25(28)29)18-22-19(26)17-11(2)12(3)31-20(17)23-18/h7-10H,6H2,1-5H3,(H,22,23,26). The van der Waals surface area contributed by atoms with Crippen LogP contribution in [0.3, 0.4) is 0 Å². The molecular weight excluding hydrogens is 420 g/mol. The lowest BCUT2D eigenvalue weighted by Gasteiger charge is -2.13. The van der Waals surface area contributed by atoms with Crippen LogP contribution < -0.4 is 10.5 Å². The summed E-state index contributed by atoms with van der Waals surface area (Å²) in [7, 11) is 3.41. The fraction of sp³-hybridized carbons (Fsp3) is 0.286. The quantitative estimate of drug-likeness (QED) is 0.268. The zero-order valence-electron chi connectivity index (χ0n) is 17.8. The van der Waals surface area contributed by atoms with Gasteiger partial charge in [0.05, 0.1) is 16.9 Å². The van der Waals surface area contributed by atoms with Gasteiger partial charge in [-0.2, -0.15) is 0 Å². The molecule has 0 fully saturated rings. The highest BCUT2D eigenvalue weighted by atomic mass is 32.1. The van der Waals surface area contributed by atoms with Crippen molar-refractivity contribution in [1.82, 2.24) is 9.97 Å². The molecule has 2 heterocycles. The number of nitro groups is 1. The number of ether oxygens (including phenoxy) is 1. The van der Waals surface area contributed by atoms with E-state index in [1.165, 1.54) is 23.5 Å². The van der Waals surface area contributed by atoms with Gasteiger partial charge in [-0.15, -0.1) is 11.3 Å². The summed E-state index contributed by atoms with van der Waals surface area (Å²) in [4.78, 5) is 46.6. The fourth-order valence-corrected chi connectivity index (χ4v) is 4.17. The minimum atomic E-state index is -0.686. The summed E-state index contributed by atoms with van der Waals surface area (Å²) in [6.07, 6.45) is 1.43. The number of H-pyrrole nitrogens is 1. The van der Waals surface area contributed by atoms with Crippen LogP contribution in [0.1, 0.15) is 28.8 Å². The van der Waals surface area contributed by atoms with Gasteiger partial charge in [0, 0.05) is 25.0 Å². The van der Waals surface area contributed by atoms with Gasteiger partial charge in [0.25, 0.3) is 11.2 Å². The number of fused-ring (bicyclic) bond motifs is 1. The Morgan fingerprint density at radius 2 is 2.06 bits per heavy atom. The second kappa shape index (κ2) is 8.68. The van der Waals surface area contributed by atoms with E-state index in [1.54, 1.807) is 38.1 Å². The molecule has 0 bridgehead atoms. The zero-order chi connectivity index (χ0) is 22.9. The molecule has 0 aliphatic carbocycles. The molecule has 0 amide bonds. The summed E-state index contributed by atoms with van der Waals surface area (Å²) in [6, 6.07) is 4.61. The molecule has 1 N–H and O–H groups in total. The number of benzene rings is 1. The number of carbonyl (C=O) groups excluding carboxylic acids is 1. The Morgan fingerprint density at radius 3 is 2.68 bits per heavy atom. The molecule has 1 aromatic carbocycles. The Kier molecular flexibility index (Phi) is 6.21. The molecule has 31 heavy (non-hydrogen) atoms. The number of esters is 1. The van der Waals surface area contributed by atoms with Crippen molar-refractivity contribution in [2.75, 3.05) is 25.6 Å². The third kappa shape index (κ3) is 4.33. The van der Waals surface area contributed by atoms with E-state index < -0.39 is 10.9 Å². The van der Waals surface area contributed by atoms with E-state index in [0.29, 0.717) is 21.5 Å². The number of rotatable bonds is 6. The molecule has 10 heteroatoms. The number of hydrogen-bond acceptors (Lipinski definition) is 8. The van der Waals surface area contributed by atoms with Crippen LogP contribution in [0.4, 0.5) is 11.4 Å². The molecule has 0 saturated heterocycles. The number of anilines is 1. The van der Waals surface area contributed by atoms with Gasteiger partial charge in [0.1, 0.15) is 21.9 Å². The highest BCUT2D eigenvalue weighted by molar-refractivity contribution is 7.18. The van der Waals surface area contributed by atoms with Gasteiger partial charge < -0.3 is 14.6 Å². The van der Waals surface area contributed by atoms with Crippen LogP contribution in [0, 0.1) is 24.0 Å². The van der Waals surface area contributed by atoms with E-state index in [4.69, 9.17) is 4.74 Å². The largest absolute Gasteiger partial charge is 0.462 e. The van der Waals surface area contributed by atoms with Crippen LogP contribution in [0.2, 0.25) is 0 Å². The molecule has 0 aliphatic heterocycles. The van der Waals surface area contributed by atoms with E-state index >= 15 is 0 Å². The van der Waals surface area contributed by atoms with Crippen molar-refractivity contribution in [3.8, 4) is 0 Å². The van der Waals surface area contributed by atoms with Crippen LogP contribution in [0.25, 0.3) is 21.9 Å². The number of aromatic nitrogens is 2. The summed E-state index contributed by atoms with van der Waals surface area (Å²) >= 11 is 1.36. The number of nitrogens with one attached hydrogen (secondary N) is 1. The van der Waals surface area contributed by atoms with Crippen LogP contribution in [0.5, 0.6) is 0 Å². The number of thiophene rings is 1. The number of nitrogens with zero attached hydrogens (tertiary/aromatic N) is 3.